The fourth-order valence-corrected chi connectivity index (χ4v) is 3.79. The number of ether oxygens (including phenoxy) is 1. The minimum Gasteiger partial charge on any atom is -0.398 e. The zero-order valence-electron chi connectivity index (χ0n) is 18.5. The van der Waals surface area contributed by atoms with Gasteiger partial charge in [-0.25, -0.2) is 9.97 Å². The van der Waals surface area contributed by atoms with E-state index in [9.17, 15) is 9.59 Å². The van der Waals surface area contributed by atoms with Crippen LogP contribution in [-0.2, 0) is 20.7 Å². The number of halogens is 1. The van der Waals surface area contributed by atoms with Crippen molar-refractivity contribution in [2.75, 3.05) is 44.4 Å². The molecule has 9 nitrogen and oxygen atoms in total. The third-order valence-corrected chi connectivity index (χ3v) is 5.91. The standard InChI is InChI=1S/C24H25ClN6O3/c25-19-11-16(2-5-20(19)26)3-6-22(32)30-8-9-31(23(33)13-30)15-34-10-7-17-1-4-18-21(12-17)28-14-29-24(18)27/h1-6,11-12,14H,7-10,13,15,26H2,(H2,27,28,29)/b6-3+. The van der Waals surface area contributed by atoms with Crippen LogP contribution < -0.4 is 11.5 Å². The van der Waals surface area contributed by atoms with Crippen molar-refractivity contribution in [1.29, 1.82) is 0 Å². The number of hydrogen-bond donors (Lipinski definition) is 2. The molecule has 0 radical (unpaired) electrons. The quantitative estimate of drug-likeness (QED) is 0.302. The Bertz CT molecular complexity index is 1250. The van der Waals surface area contributed by atoms with E-state index in [4.69, 9.17) is 27.8 Å². The molecular formula is C24H25ClN6O3. The number of piperazine rings is 1. The number of aromatic nitrogens is 2. The molecule has 4 N–H and O–H groups in total. The molecule has 0 atom stereocenters. The van der Waals surface area contributed by atoms with Gasteiger partial charge >= 0.3 is 0 Å². The van der Waals surface area contributed by atoms with Crippen LogP contribution in [0.25, 0.3) is 17.0 Å². The SMILES string of the molecule is Nc1ccc(/C=C/C(=O)N2CCN(COCCc3ccc4c(N)ncnc4c3)C(=O)C2)cc1Cl. The highest BCUT2D eigenvalue weighted by atomic mass is 35.5. The molecule has 1 aromatic heterocycles. The second kappa shape index (κ2) is 10.5. The van der Waals surface area contributed by atoms with Gasteiger partial charge < -0.3 is 26.0 Å². The second-order valence-electron chi connectivity index (χ2n) is 7.93. The van der Waals surface area contributed by atoms with E-state index in [0.29, 0.717) is 42.6 Å². The maximum absolute atomic E-state index is 12.5. The summed E-state index contributed by atoms with van der Waals surface area (Å²) in [5.41, 5.74) is 14.6. The predicted octanol–water partition coefficient (Wildman–Crippen LogP) is 2.35. The van der Waals surface area contributed by atoms with E-state index in [-0.39, 0.29) is 25.1 Å². The number of nitrogens with zero attached hydrogens (tertiary/aromatic N) is 4. The highest BCUT2D eigenvalue weighted by molar-refractivity contribution is 6.33. The zero-order chi connectivity index (χ0) is 24.1. The summed E-state index contributed by atoms with van der Waals surface area (Å²) in [4.78, 5) is 36.3. The van der Waals surface area contributed by atoms with Gasteiger partial charge in [-0.15, -0.1) is 0 Å². The maximum atomic E-state index is 12.5. The predicted molar refractivity (Wildman–Crippen MR) is 132 cm³/mol. The Labute approximate surface area is 202 Å². The molecule has 0 bridgehead atoms. The van der Waals surface area contributed by atoms with Crippen LogP contribution in [0, 0.1) is 0 Å². The van der Waals surface area contributed by atoms with E-state index in [1.54, 1.807) is 29.2 Å². The third-order valence-electron chi connectivity index (χ3n) is 5.59. The Kier molecular flexibility index (Phi) is 7.24. The van der Waals surface area contributed by atoms with Crippen molar-refractivity contribution in [3.05, 3.63) is 65.0 Å². The van der Waals surface area contributed by atoms with Crippen LogP contribution in [0.1, 0.15) is 11.1 Å². The minimum absolute atomic E-state index is 0.0147. The first-order chi connectivity index (χ1) is 16.4. The van der Waals surface area contributed by atoms with Gasteiger partial charge in [0.2, 0.25) is 11.8 Å². The first-order valence-electron chi connectivity index (χ1n) is 10.8. The van der Waals surface area contributed by atoms with Gasteiger partial charge in [0.1, 0.15) is 25.4 Å². The Hall–Kier alpha value is -3.69. The van der Waals surface area contributed by atoms with Crippen molar-refractivity contribution in [2.45, 2.75) is 6.42 Å². The molecule has 1 aliphatic heterocycles. The van der Waals surface area contributed by atoms with E-state index in [1.165, 1.54) is 17.3 Å². The summed E-state index contributed by atoms with van der Waals surface area (Å²) in [6.45, 7) is 1.50. The van der Waals surface area contributed by atoms with Crippen molar-refractivity contribution in [3.63, 3.8) is 0 Å². The van der Waals surface area contributed by atoms with Crippen molar-refractivity contribution < 1.29 is 14.3 Å². The molecule has 176 valence electrons. The van der Waals surface area contributed by atoms with Gasteiger partial charge in [0.25, 0.3) is 0 Å². The summed E-state index contributed by atoms with van der Waals surface area (Å²) < 4.78 is 5.71. The van der Waals surface area contributed by atoms with Crippen molar-refractivity contribution in [3.8, 4) is 0 Å². The van der Waals surface area contributed by atoms with Crippen LogP contribution in [0.5, 0.6) is 0 Å². The Morgan fingerprint density at radius 2 is 2.00 bits per heavy atom. The van der Waals surface area contributed by atoms with Gasteiger partial charge in [-0.2, -0.15) is 0 Å². The van der Waals surface area contributed by atoms with Crippen LogP contribution in [0.3, 0.4) is 0 Å². The number of hydrogen-bond acceptors (Lipinski definition) is 7. The highest BCUT2D eigenvalue weighted by Crippen LogP contribution is 2.21. The molecule has 2 amide bonds. The zero-order valence-corrected chi connectivity index (χ0v) is 19.2. The molecule has 3 aromatic rings. The topological polar surface area (TPSA) is 128 Å². The molecular weight excluding hydrogens is 456 g/mol. The minimum atomic E-state index is -0.234. The molecule has 0 spiro atoms. The van der Waals surface area contributed by atoms with Gasteiger partial charge in [-0.1, -0.05) is 23.7 Å². The molecule has 2 heterocycles. The number of anilines is 2. The normalized spacial score (nSPS) is 14.3. The molecule has 1 saturated heterocycles. The van der Waals surface area contributed by atoms with Gasteiger partial charge in [0.15, 0.2) is 0 Å². The summed E-state index contributed by atoms with van der Waals surface area (Å²) in [7, 11) is 0. The lowest BCUT2D eigenvalue weighted by Crippen LogP contribution is -2.52. The average Bonchev–Trinajstić information content (AvgIpc) is 2.83. The molecule has 1 fully saturated rings. The van der Waals surface area contributed by atoms with E-state index in [0.717, 1.165) is 22.0 Å². The van der Waals surface area contributed by atoms with E-state index in [2.05, 4.69) is 9.97 Å². The second-order valence-corrected chi connectivity index (χ2v) is 8.34. The van der Waals surface area contributed by atoms with Crippen LogP contribution in [0.4, 0.5) is 11.5 Å². The molecule has 0 unspecified atom stereocenters. The molecule has 4 rings (SSSR count). The fourth-order valence-electron chi connectivity index (χ4n) is 3.60. The number of nitrogen functional groups attached to an aromatic ring is 2. The van der Waals surface area contributed by atoms with Crippen molar-refractivity contribution >= 4 is 51.9 Å². The van der Waals surface area contributed by atoms with Gasteiger partial charge in [-0.05, 0) is 47.9 Å². The lowest BCUT2D eigenvalue weighted by Gasteiger charge is -2.33. The maximum Gasteiger partial charge on any atom is 0.247 e. The molecule has 1 aliphatic rings. The highest BCUT2D eigenvalue weighted by Gasteiger charge is 2.26. The third kappa shape index (κ3) is 5.62. The van der Waals surface area contributed by atoms with Crippen LogP contribution in [-0.4, -0.2) is 64.6 Å². The lowest BCUT2D eigenvalue weighted by atomic mass is 10.1. The summed E-state index contributed by atoms with van der Waals surface area (Å²) in [6.07, 6.45) is 5.20. The van der Waals surface area contributed by atoms with E-state index in [1.807, 2.05) is 18.2 Å². The monoisotopic (exact) mass is 480 g/mol. The smallest absolute Gasteiger partial charge is 0.247 e. The van der Waals surface area contributed by atoms with Crippen LogP contribution in [0.2, 0.25) is 5.02 Å². The number of rotatable bonds is 7. The van der Waals surface area contributed by atoms with E-state index < -0.39 is 0 Å². The summed E-state index contributed by atoms with van der Waals surface area (Å²) in [5.74, 6) is 0.0677. The molecule has 2 aromatic carbocycles. The lowest BCUT2D eigenvalue weighted by molar-refractivity contribution is -0.147. The van der Waals surface area contributed by atoms with Gasteiger partial charge in [0, 0.05) is 24.6 Å². The fraction of sp³-hybridized carbons (Fsp3) is 0.250. The van der Waals surface area contributed by atoms with Crippen LogP contribution in [0.15, 0.2) is 48.8 Å². The number of carbonyl (C=O) groups is 2. The van der Waals surface area contributed by atoms with Crippen LogP contribution >= 0.6 is 11.6 Å². The number of carbonyl (C=O) groups excluding carboxylic acids is 2. The average molecular weight is 481 g/mol. The Morgan fingerprint density at radius 3 is 2.79 bits per heavy atom. The number of amides is 2. The summed E-state index contributed by atoms with van der Waals surface area (Å²) in [6, 6.07) is 11.0. The number of benzene rings is 2. The number of nitrogens with two attached hydrogens (primary N) is 2. The Morgan fingerprint density at radius 1 is 1.15 bits per heavy atom. The first-order valence-corrected chi connectivity index (χ1v) is 11.1. The first kappa shape index (κ1) is 23.5. The van der Waals surface area contributed by atoms with Gasteiger partial charge in [-0.3, -0.25) is 9.59 Å². The molecule has 10 heteroatoms. The van der Waals surface area contributed by atoms with Crippen molar-refractivity contribution in [2.24, 2.45) is 0 Å². The summed E-state index contributed by atoms with van der Waals surface area (Å²) in [5, 5.41) is 1.25. The molecule has 0 aliphatic carbocycles. The Balaban J connectivity index is 1.22. The summed E-state index contributed by atoms with van der Waals surface area (Å²) >= 11 is 6.00. The van der Waals surface area contributed by atoms with Crippen molar-refractivity contribution in [1.82, 2.24) is 19.8 Å². The molecule has 34 heavy (non-hydrogen) atoms. The van der Waals surface area contributed by atoms with Gasteiger partial charge in [0.05, 0.1) is 22.8 Å². The van der Waals surface area contributed by atoms with E-state index >= 15 is 0 Å². The number of fused-ring (bicyclic) bond motifs is 1. The molecule has 0 saturated carbocycles. The largest absolute Gasteiger partial charge is 0.398 e.